The van der Waals surface area contributed by atoms with Crippen molar-refractivity contribution in [3.63, 3.8) is 0 Å². The van der Waals surface area contributed by atoms with Crippen LogP contribution in [0.3, 0.4) is 0 Å². The molecule has 0 aromatic carbocycles. The number of rotatable bonds is 5. The highest BCUT2D eigenvalue weighted by atomic mass is 127. The second kappa shape index (κ2) is 9.87. The van der Waals surface area contributed by atoms with E-state index in [9.17, 15) is 0 Å². The molecule has 0 bridgehead atoms. The summed E-state index contributed by atoms with van der Waals surface area (Å²) in [5, 5.41) is 0. The van der Waals surface area contributed by atoms with Crippen LogP contribution in [0.5, 0.6) is 0 Å². The van der Waals surface area contributed by atoms with Crippen molar-refractivity contribution in [1.82, 2.24) is 4.90 Å². The minimum absolute atomic E-state index is 0. The molecule has 1 saturated carbocycles. The lowest BCUT2D eigenvalue weighted by Crippen LogP contribution is -2.39. The van der Waals surface area contributed by atoms with Gasteiger partial charge in [-0.1, -0.05) is 25.7 Å². The van der Waals surface area contributed by atoms with Gasteiger partial charge in [-0.05, 0) is 37.5 Å². The van der Waals surface area contributed by atoms with Crippen LogP contribution in [0.1, 0.15) is 57.8 Å². The molecule has 1 aliphatic heterocycles. The van der Waals surface area contributed by atoms with Crippen LogP contribution in [0.2, 0.25) is 0 Å². The molecule has 4 nitrogen and oxygen atoms in total. The highest BCUT2D eigenvalue weighted by Crippen LogP contribution is 2.41. The summed E-state index contributed by atoms with van der Waals surface area (Å²) in [7, 11) is 1.79. The first-order chi connectivity index (χ1) is 9.76. The zero-order valence-corrected chi connectivity index (χ0v) is 15.8. The van der Waals surface area contributed by atoms with Gasteiger partial charge in [0.2, 0.25) is 0 Å². The van der Waals surface area contributed by atoms with Crippen molar-refractivity contribution < 1.29 is 4.74 Å². The molecule has 0 aromatic rings. The van der Waals surface area contributed by atoms with Crippen LogP contribution in [-0.4, -0.2) is 44.2 Å². The van der Waals surface area contributed by atoms with Crippen LogP contribution < -0.4 is 5.73 Å². The zero-order valence-electron chi connectivity index (χ0n) is 13.5. The molecule has 124 valence electrons. The van der Waals surface area contributed by atoms with E-state index in [1.165, 1.54) is 51.4 Å². The number of methoxy groups -OCH3 is 1. The molecular weight excluding hydrogens is 377 g/mol. The van der Waals surface area contributed by atoms with Gasteiger partial charge in [-0.15, -0.1) is 24.0 Å². The highest BCUT2D eigenvalue weighted by molar-refractivity contribution is 14.0. The van der Waals surface area contributed by atoms with E-state index in [-0.39, 0.29) is 24.0 Å². The molecule has 21 heavy (non-hydrogen) atoms. The summed E-state index contributed by atoms with van der Waals surface area (Å²) in [4.78, 5) is 7.05. The third-order valence-corrected chi connectivity index (χ3v) is 5.01. The van der Waals surface area contributed by atoms with Crippen LogP contribution >= 0.6 is 24.0 Å². The van der Waals surface area contributed by atoms with Gasteiger partial charge in [0.15, 0.2) is 5.96 Å². The van der Waals surface area contributed by atoms with Crippen molar-refractivity contribution in [2.75, 3.05) is 33.4 Å². The quantitative estimate of drug-likeness (QED) is 0.430. The molecule has 0 amide bonds. The molecule has 5 heteroatoms. The third-order valence-electron chi connectivity index (χ3n) is 5.01. The molecule has 2 rings (SSSR count). The van der Waals surface area contributed by atoms with E-state index < -0.39 is 0 Å². The van der Waals surface area contributed by atoms with Crippen molar-refractivity contribution in [1.29, 1.82) is 0 Å². The van der Waals surface area contributed by atoms with Crippen LogP contribution in [0, 0.1) is 5.41 Å². The fraction of sp³-hybridized carbons (Fsp3) is 0.938. The van der Waals surface area contributed by atoms with Crippen molar-refractivity contribution in [2.45, 2.75) is 57.8 Å². The lowest BCUT2D eigenvalue weighted by molar-refractivity contribution is 0.141. The van der Waals surface area contributed by atoms with Crippen molar-refractivity contribution in [3.8, 4) is 0 Å². The zero-order chi connectivity index (χ0) is 14.3. The maximum Gasteiger partial charge on any atom is 0.191 e. The molecule has 1 saturated heterocycles. The van der Waals surface area contributed by atoms with Gasteiger partial charge in [-0.2, -0.15) is 0 Å². The topological polar surface area (TPSA) is 50.9 Å². The van der Waals surface area contributed by atoms with Crippen molar-refractivity contribution in [3.05, 3.63) is 0 Å². The van der Waals surface area contributed by atoms with Gasteiger partial charge in [0, 0.05) is 33.4 Å². The number of aliphatic imine (C=N–C) groups is 1. The Labute approximate surface area is 146 Å². The molecule has 0 radical (unpaired) electrons. The Morgan fingerprint density at radius 2 is 1.71 bits per heavy atom. The van der Waals surface area contributed by atoms with Crippen molar-refractivity contribution in [2.24, 2.45) is 16.1 Å². The molecule has 0 aromatic heterocycles. The van der Waals surface area contributed by atoms with Crippen LogP contribution in [0.25, 0.3) is 0 Å². The van der Waals surface area contributed by atoms with E-state index >= 15 is 0 Å². The second-order valence-corrected chi connectivity index (χ2v) is 6.53. The smallest absolute Gasteiger partial charge is 0.191 e. The minimum atomic E-state index is 0. The lowest BCUT2D eigenvalue weighted by atomic mass is 9.83. The number of ether oxygens (including phenoxy) is 1. The Balaban J connectivity index is 0.00000220. The molecule has 0 unspecified atom stereocenters. The molecule has 2 N–H and O–H groups in total. The summed E-state index contributed by atoms with van der Waals surface area (Å²) in [6.07, 6.45) is 11.5. The van der Waals surface area contributed by atoms with Gasteiger partial charge < -0.3 is 15.4 Å². The number of nitrogens with two attached hydrogens (primary N) is 1. The normalized spacial score (nSPS) is 22.7. The van der Waals surface area contributed by atoms with Crippen LogP contribution in [-0.2, 0) is 4.74 Å². The molecule has 2 fully saturated rings. The number of halogens is 1. The first-order valence-electron chi connectivity index (χ1n) is 8.30. The van der Waals surface area contributed by atoms with Gasteiger partial charge >= 0.3 is 0 Å². The fourth-order valence-electron chi connectivity index (χ4n) is 3.58. The molecule has 1 aliphatic carbocycles. The number of nitrogens with zero attached hydrogens (tertiary/aromatic N) is 2. The summed E-state index contributed by atoms with van der Waals surface area (Å²) in [6.45, 7) is 3.90. The predicted molar refractivity (Wildman–Crippen MR) is 99.3 cm³/mol. The minimum Gasteiger partial charge on any atom is -0.385 e. The Hall–Kier alpha value is -0.0400. The van der Waals surface area contributed by atoms with Crippen LogP contribution in [0.15, 0.2) is 4.99 Å². The highest BCUT2D eigenvalue weighted by Gasteiger charge is 2.33. The average Bonchev–Trinajstić information content (AvgIpc) is 2.76. The van der Waals surface area contributed by atoms with E-state index in [2.05, 4.69) is 4.90 Å². The maximum atomic E-state index is 6.23. The number of hydrogen-bond donors (Lipinski definition) is 1. The SMILES string of the molecule is COCCC1(CN=C(N)N2CCCCCC2)CCCC1.I. The Bertz CT molecular complexity index is 309. The number of likely N-dealkylation sites (tertiary alicyclic amines) is 1. The maximum absolute atomic E-state index is 6.23. The summed E-state index contributed by atoms with van der Waals surface area (Å²) in [5.41, 5.74) is 6.58. The van der Waals surface area contributed by atoms with Gasteiger partial charge in [0.25, 0.3) is 0 Å². The standard InChI is InChI=1S/C16H31N3O.HI/c1-20-13-10-16(8-4-5-9-16)14-18-15(17)19-11-6-2-3-7-12-19;/h2-14H2,1H3,(H2,17,18);1H. The van der Waals surface area contributed by atoms with E-state index in [4.69, 9.17) is 15.5 Å². The molecule has 2 aliphatic rings. The largest absolute Gasteiger partial charge is 0.385 e. The number of guanidine groups is 1. The molecular formula is C16H32IN3O. The van der Waals surface area contributed by atoms with Gasteiger partial charge in [0.05, 0.1) is 0 Å². The van der Waals surface area contributed by atoms with Crippen LogP contribution in [0.4, 0.5) is 0 Å². The molecule has 1 heterocycles. The van der Waals surface area contributed by atoms with Gasteiger partial charge in [-0.25, -0.2) is 0 Å². The Morgan fingerprint density at radius 3 is 2.29 bits per heavy atom. The summed E-state index contributed by atoms with van der Waals surface area (Å²) >= 11 is 0. The predicted octanol–water partition coefficient (Wildman–Crippen LogP) is 3.39. The van der Waals surface area contributed by atoms with E-state index in [0.29, 0.717) is 5.41 Å². The monoisotopic (exact) mass is 409 g/mol. The Kier molecular flexibility index (Phi) is 8.94. The average molecular weight is 409 g/mol. The van der Waals surface area contributed by atoms with Gasteiger partial charge in [-0.3, -0.25) is 4.99 Å². The fourth-order valence-corrected chi connectivity index (χ4v) is 3.58. The Morgan fingerprint density at radius 1 is 1.10 bits per heavy atom. The summed E-state index contributed by atoms with van der Waals surface area (Å²) < 4.78 is 5.28. The first-order valence-corrected chi connectivity index (χ1v) is 8.30. The van der Waals surface area contributed by atoms with Gasteiger partial charge in [0.1, 0.15) is 0 Å². The second-order valence-electron chi connectivity index (χ2n) is 6.53. The molecule has 0 atom stereocenters. The van der Waals surface area contributed by atoms with Crippen molar-refractivity contribution >= 4 is 29.9 Å². The third kappa shape index (κ3) is 5.93. The summed E-state index contributed by atoms with van der Waals surface area (Å²) in [5.74, 6) is 0.774. The molecule has 0 spiro atoms. The van der Waals surface area contributed by atoms with E-state index in [1.807, 2.05) is 0 Å². The van der Waals surface area contributed by atoms with E-state index in [0.717, 1.165) is 38.6 Å². The summed E-state index contributed by atoms with van der Waals surface area (Å²) in [6, 6.07) is 0. The van der Waals surface area contributed by atoms with E-state index in [1.54, 1.807) is 7.11 Å². The first kappa shape index (κ1) is 19.0. The number of hydrogen-bond acceptors (Lipinski definition) is 2. The lowest BCUT2D eigenvalue weighted by Gasteiger charge is -2.28.